The molecule has 1 N–H and O–H groups in total. The standard InChI is InChI=1S/C24H32N2O3S2/c1-14-12-26(13-15(2)29-14)23(28)20-17-9-8-16(24(3,4)5)11-19(17)31-22(20)25-21(27)18-7-6-10-30-18/h6-7,10,14-16H,8-9,11-13H2,1-5H3,(H,25,27)/t14-,15+,16-/m0/s1. The fraction of sp³-hybridized carbons (Fsp3) is 0.583. The number of ether oxygens (including phenoxy) is 1. The first kappa shape index (κ1) is 22.5. The minimum absolute atomic E-state index is 0.0107. The number of carbonyl (C=O) groups is 2. The van der Waals surface area contributed by atoms with E-state index >= 15 is 0 Å². The summed E-state index contributed by atoms with van der Waals surface area (Å²) in [6, 6.07) is 3.69. The number of amides is 2. The van der Waals surface area contributed by atoms with Gasteiger partial charge < -0.3 is 15.0 Å². The Morgan fingerprint density at radius 2 is 1.90 bits per heavy atom. The molecule has 0 bridgehead atoms. The van der Waals surface area contributed by atoms with Gasteiger partial charge in [-0.15, -0.1) is 22.7 Å². The van der Waals surface area contributed by atoms with Crippen molar-refractivity contribution < 1.29 is 14.3 Å². The lowest BCUT2D eigenvalue weighted by atomic mass is 9.72. The second-order valence-electron chi connectivity index (χ2n) is 9.91. The van der Waals surface area contributed by atoms with Crippen LogP contribution in [0, 0.1) is 11.3 Å². The molecule has 2 aliphatic rings. The predicted octanol–water partition coefficient (Wildman–Crippen LogP) is 5.46. The molecule has 2 aromatic rings. The molecule has 7 heteroatoms. The normalized spacial score (nSPS) is 24.0. The Labute approximate surface area is 192 Å². The molecule has 3 heterocycles. The van der Waals surface area contributed by atoms with Gasteiger partial charge in [-0.25, -0.2) is 0 Å². The Morgan fingerprint density at radius 1 is 1.19 bits per heavy atom. The van der Waals surface area contributed by atoms with Crippen molar-refractivity contribution in [3.63, 3.8) is 0 Å². The summed E-state index contributed by atoms with van der Waals surface area (Å²) in [6.45, 7) is 12.0. The van der Waals surface area contributed by atoms with Gasteiger partial charge >= 0.3 is 0 Å². The average molecular weight is 461 g/mol. The first-order valence-electron chi connectivity index (χ1n) is 11.1. The number of carbonyl (C=O) groups excluding carboxylic acids is 2. The van der Waals surface area contributed by atoms with E-state index in [9.17, 15) is 9.59 Å². The molecule has 1 fully saturated rings. The zero-order chi connectivity index (χ0) is 22.3. The molecule has 0 spiro atoms. The third-order valence-electron chi connectivity index (χ3n) is 6.38. The molecule has 2 amide bonds. The molecule has 0 saturated carbocycles. The van der Waals surface area contributed by atoms with Gasteiger partial charge in [-0.05, 0) is 61.5 Å². The summed E-state index contributed by atoms with van der Waals surface area (Å²) >= 11 is 3.01. The van der Waals surface area contributed by atoms with E-state index in [4.69, 9.17) is 4.74 Å². The van der Waals surface area contributed by atoms with Crippen LogP contribution in [-0.4, -0.2) is 42.0 Å². The van der Waals surface area contributed by atoms with Crippen LogP contribution in [0.2, 0.25) is 0 Å². The molecule has 3 atom stereocenters. The van der Waals surface area contributed by atoms with Crippen molar-refractivity contribution in [2.75, 3.05) is 18.4 Å². The molecule has 1 aliphatic carbocycles. The van der Waals surface area contributed by atoms with Crippen molar-refractivity contribution in [3.8, 4) is 0 Å². The summed E-state index contributed by atoms with van der Waals surface area (Å²) in [5.74, 6) is 0.458. The Hall–Kier alpha value is -1.70. The Balaban J connectivity index is 1.69. The first-order chi connectivity index (χ1) is 14.6. The van der Waals surface area contributed by atoms with Crippen molar-refractivity contribution in [1.29, 1.82) is 0 Å². The van der Waals surface area contributed by atoms with Gasteiger partial charge in [0.05, 0.1) is 22.6 Å². The molecule has 0 aromatic carbocycles. The third-order valence-corrected chi connectivity index (χ3v) is 8.42. The van der Waals surface area contributed by atoms with E-state index < -0.39 is 0 Å². The van der Waals surface area contributed by atoms with E-state index in [1.54, 1.807) is 11.3 Å². The highest BCUT2D eigenvalue weighted by Crippen LogP contribution is 2.45. The van der Waals surface area contributed by atoms with Crippen LogP contribution in [0.4, 0.5) is 5.00 Å². The zero-order valence-corrected chi connectivity index (χ0v) is 20.6. The van der Waals surface area contributed by atoms with Gasteiger partial charge in [0.2, 0.25) is 0 Å². The predicted molar refractivity (Wildman–Crippen MR) is 127 cm³/mol. The van der Waals surface area contributed by atoms with Crippen molar-refractivity contribution in [1.82, 2.24) is 4.90 Å². The lowest BCUT2D eigenvalue weighted by Crippen LogP contribution is -2.48. The maximum atomic E-state index is 13.7. The number of rotatable bonds is 3. The number of morpholine rings is 1. The topological polar surface area (TPSA) is 58.6 Å². The third kappa shape index (κ3) is 4.73. The van der Waals surface area contributed by atoms with Gasteiger partial charge in [-0.2, -0.15) is 0 Å². The SMILES string of the molecule is C[C@@H]1CN(C(=O)c2c(NC(=O)c3cccs3)sc3c2CC[C@H](C(C)(C)C)C3)C[C@H](C)O1. The number of hydrogen-bond acceptors (Lipinski definition) is 5. The average Bonchev–Trinajstić information content (AvgIpc) is 3.33. The second-order valence-corrected chi connectivity index (χ2v) is 12.0. The maximum Gasteiger partial charge on any atom is 0.266 e. The smallest absolute Gasteiger partial charge is 0.266 e. The molecule has 4 rings (SSSR count). The zero-order valence-electron chi connectivity index (χ0n) is 19.0. The molecule has 31 heavy (non-hydrogen) atoms. The highest BCUT2D eigenvalue weighted by Gasteiger charge is 2.36. The van der Waals surface area contributed by atoms with E-state index in [0.29, 0.717) is 34.4 Å². The van der Waals surface area contributed by atoms with Crippen LogP contribution in [0.15, 0.2) is 17.5 Å². The molecular weight excluding hydrogens is 428 g/mol. The number of nitrogens with one attached hydrogen (secondary N) is 1. The van der Waals surface area contributed by atoms with Crippen LogP contribution >= 0.6 is 22.7 Å². The highest BCUT2D eigenvalue weighted by molar-refractivity contribution is 7.17. The molecular formula is C24H32N2O3S2. The van der Waals surface area contributed by atoms with Gasteiger partial charge in [0, 0.05) is 18.0 Å². The van der Waals surface area contributed by atoms with Gasteiger partial charge in [0.25, 0.3) is 11.8 Å². The number of anilines is 1. The van der Waals surface area contributed by atoms with Crippen LogP contribution in [0.1, 0.15) is 71.5 Å². The molecule has 1 aliphatic heterocycles. The van der Waals surface area contributed by atoms with Crippen LogP contribution in [0.3, 0.4) is 0 Å². The molecule has 0 radical (unpaired) electrons. The summed E-state index contributed by atoms with van der Waals surface area (Å²) in [5, 5.41) is 5.67. The quantitative estimate of drug-likeness (QED) is 0.661. The molecule has 5 nitrogen and oxygen atoms in total. The second kappa shape index (κ2) is 8.68. The number of hydrogen-bond donors (Lipinski definition) is 1. The monoisotopic (exact) mass is 460 g/mol. The fourth-order valence-electron chi connectivity index (χ4n) is 4.71. The van der Waals surface area contributed by atoms with Crippen LogP contribution in [0.5, 0.6) is 0 Å². The molecule has 168 valence electrons. The van der Waals surface area contributed by atoms with Crippen LogP contribution in [-0.2, 0) is 17.6 Å². The summed E-state index contributed by atoms with van der Waals surface area (Å²) < 4.78 is 5.83. The van der Waals surface area contributed by atoms with Crippen LogP contribution < -0.4 is 5.32 Å². The lowest BCUT2D eigenvalue weighted by molar-refractivity contribution is -0.0586. The Kier molecular flexibility index (Phi) is 6.30. The van der Waals surface area contributed by atoms with E-state index in [2.05, 4.69) is 26.1 Å². The number of fused-ring (bicyclic) bond motifs is 1. The minimum atomic E-state index is -0.140. The Bertz CT molecular complexity index is 948. The molecule has 1 saturated heterocycles. The molecule has 0 unspecified atom stereocenters. The van der Waals surface area contributed by atoms with Crippen LogP contribution in [0.25, 0.3) is 0 Å². The summed E-state index contributed by atoms with van der Waals surface area (Å²) in [6.07, 6.45) is 2.95. The van der Waals surface area contributed by atoms with Gasteiger partial charge in [-0.3, -0.25) is 9.59 Å². The maximum absolute atomic E-state index is 13.7. The van der Waals surface area contributed by atoms with E-state index in [0.717, 1.165) is 24.8 Å². The first-order valence-corrected chi connectivity index (χ1v) is 12.8. The molecule has 2 aromatic heterocycles. The summed E-state index contributed by atoms with van der Waals surface area (Å²) in [4.78, 5) is 30.4. The summed E-state index contributed by atoms with van der Waals surface area (Å²) in [7, 11) is 0. The van der Waals surface area contributed by atoms with Crippen molar-refractivity contribution in [2.24, 2.45) is 11.3 Å². The van der Waals surface area contributed by atoms with Crippen molar-refractivity contribution in [2.45, 2.75) is 66.1 Å². The minimum Gasteiger partial charge on any atom is -0.372 e. The van der Waals surface area contributed by atoms with Crippen molar-refractivity contribution >= 4 is 39.5 Å². The number of nitrogens with zero attached hydrogens (tertiary/aromatic N) is 1. The lowest BCUT2D eigenvalue weighted by Gasteiger charge is -2.36. The van der Waals surface area contributed by atoms with Crippen molar-refractivity contribution in [3.05, 3.63) is 38.4 Å². The number of thiophene rings is 2. The Morgan fingerprint density at radius 3 is 2.52 bits per heavy atom. The van der Waals surface area contributed by atoms with E-state index in [1.165, 1.54) is 16.2 Å². The summed E-state index contributed by atoms with van der Waals surface area (Å²) in [5.41, 5.74) is 2.07. The largest absolute Gasteiger partial charge is 0.372 e. The van der Waals surface area contributed by atoms with E-state index in [1.807, 2.05) is 36.3 Å². The fourth-order valence-corrected chi connectivity index (χ4v) is 6.65. The highest BCUT2D eigenvalue weighted by atomic mass is 32.1. The van der Waals surface area contributed by atoms with Gasteiger partial charge in [-0.1, -0.05) is 26.8 Å². The van der Waals surface area contributed by atoms with Gasteiger partial charge in [0.15, 0.2) is 0 Å². The van der Waals surface area contributed by atoms with E-state index in [-0.39, 0.29) is 29.4 Å². The van der Waals surface area contributed by atoms with Gasteiger partial charge in [0.1, 0.15) is 5.00 Å².